The van der Waals surface area contributed by atoms with Gasteiger partial charge in [0, 0.05) is 6.04 Å². The van der Waals surface area contributed by atoms with Crippen LogP contribution in [-0.4, -0.2) is 32.0 Å². The molecule has 0 unspecified atom stereocenters. The second-order valence-corrected chi connectivity index (χ2v) is 4.91. The highest BCUT2D eigenvalue weighted by atomic mass is 16.5. The summed E-state index contributed by atoms with van der Waals surface area (Å²) in [5, 5.41) is 2.83. The number of aldehydes is 1. The normalized spacial score (nSPS) is 11.8. The second kappa shape index (κ2) is 7.53. The molecule has 0 heterocycles. The van der Waals surface area contributed by atoms with Crippen LogP contribution >= 0.6 is 0 Å². The Morgan fingerprint density at radius 2 is 2.05 bits per heavy atom. The second-order valence-electron chi connectivity index (χ2n) is 4.91. The fourth-order valence-electron chi connectivity index (χ4n) is 1.48. The molecule has 1 N–H and O–H groups in total. The number of ether oxygens (including phenoxy) is 2. The van der Waals surface area contributed by atoms with E-state index in [1.807, 2.05) is 20.8 Å². The van der Waals surface area contributed by atoms with Crippen LogP contribution in [0.4, 0.5) is 0 Å². The molecule has 0 aliphatic rings. The van der Waals surface area contributed by atoms with E-state index >= 15 is 0 Å². The molecule has 0 saturated heterocycles. The number of nitrogens with one attached hydrogen (secondary N) is 1. The molecule has 1 atom stereocenters. The van der Waals surface area contributed by atoms with E-state index in [-0.39, 0.29) is 18.6 Å². The van der Waals surface area contributed by atoms with E-state index in [1.165, 1.54) is 7.11 Å². The fourth-order valence-corrected chi connectivity index (χ4v) is 1.48. The van der Waals surface area contributed by atoms with Crippen molar-refractivity contribution < 1.29 is 19.1 Å². The number of hydrogen-bond acceptors (Lipinski definition) is 4. The molecule has 0 spiro atoms. The molecule has 0 radical (unpaired) electrons. The number of rotatable bonds is 7. The fraction of sp³-hybridized carbons (Fsp3) is 0.467. The number of amides is 1. The van der Waals surface area contributed by atoms with Gasteiger partial charge in [0.15, 0.2) is 12.9 Å². The molecule has 20 heavy (non-hydrogen) atoms. The Hall–Kier alpha value is -2.04. The highest BCUT2D eigenvalue weighted by Gasteiger charge is 2.12. The first kappa shape index (κ1) is 16.0. The minimum absolute atomic E-state index is 0.0764. The van der Waals surface area contributed by atoms with Gasteiger partial charge in [-0.15, -0.1) is 0 Å². The Kier molecular flexibility index (Phi) is 6.03. The predicted octanol–water partition coefficient (Wildman–Crippen LogP) is 2.05. The van der Waals surface area contributed by atoms with Gasteiger partial charge in [-0.1, -0.05) is 13.8 Å². The van der Waals surface area contributed by atoms with E-state index in [0.29, 0.717) is 29.3 Å². The third kappa shape index (κ3) is 4.57. The van der Waals surface area contributed by atoms with Crippen LogP contribution in [0.2, 0.25) is 0 Å². The summed E-state index contributed by atoms with van der Waals surface area (Å²) >= 11 is 0. The van der Waals surface area contributed by atoms with Crippen molar-refractivity contribution in [2.45, 2.75) is 26.8 Å². The molecule has 0 aliphatic heterocycles. The first-order valence-electron chi connectivity index (χ1n) is 6.53. The smallest absolute Gasteiger partial charge is 0.258 e. The molecule has 5 heteroatoms. The summed E-state index contributed by atoms with van der Waals surface area (Å²) in [6, 6.07) is 4.93. The highest BCUT2D eigenvalue weighted by Crippen LogP contribution is 2.22. The van der Waals surface area contributed by atoms with Gasteiger partial charge in [-0.2, -0.15) is 0 Å². The summed E-state index contributed by atoms with van der Waals surface area (Å²) in [5.74, 6) is 1.08. The summed E-state index contributed by atoms with van der Waals surface area (Å²) < 4.78 is 10.4. The minimum Gasteiger partial charge on any atom is -0.497 e. The van der Waals surface area contributed by atoms with E-state index in [4.69, 9.17) is 9.47 Å². The van der Waals surface area contributed by atoms with Crippen molar-refractivity contribution in [1.29, 1.82) is 0 Å². The third-order valence-electron chi connectivity index (χ3n) is 3.09. The van der Waals surface area contributed by atoms with E-state index in [0.717, 1.165) is 0 Å². The largest absolute Gasteiger partial charge is 0.497 e. The number of hydrogen-bond donors (Lipinski definition) is 1. The lowest BCUT2D eigenvalue weighted by molar-refractivity contribution is -0.124. The van der Waals surface area contributed by atoms with Gasteiger partial charge >= 0.3 is 0 Å². The lowest BCUT2D eigenvalue weighted by Gasteiger charge is -2.17. The van der Waals surface area contributed by atoms with Crippen molar-refractivity contribution in [3.05, 3.63) is 23.8 Å². The Balaban J connectivity index is 2.61. The summed E-state index contributed by atoms with van der Waals surface area (Å²) in [7, 11) is 1.52. The van der Waals surface area contributed by atoms with E-state index < -0.39 is 0 Å². The molecule has 0 saturated carbocycles. The molecule has 1 aromatic carbocycles. The minimum atomic E-state index is -0.209. The zero-order valence-corrected chi connectivity index (χ0v) is 12.3. The number of methoxy groups -OCH3 is 1. The quantitative estimate of drug-likeness (QED) is 0.776. The first-order valence-corrected chi connectivity index (χ1v) is 6.53. The maximum absolute atomic E-state index is 11.7. The maximum Gasteiger partial charge on any atom is 0.258 e. The maximum atomic E-state index is 11.7. The molecular weight excluding hydrogens is 258 g/mol. The zero-order valence-electron chi connectivity index (χ0n) is 12.3. The topological polar surface area (TPSA) is 64.6 Å². The average molecular weight is 279 g/mol. The Labute approximate surface area is 119 Å². The van der Waals surface area contributed by atoms with Crippen LogP contribution in [0.15, 0.2) is 18.2 Å². The van der Waals surface area contributed by atoms with Crippen LogP contribution in [0, 0.1) is 5.92 Å². The van der Waals surface area contributed by atoms with Crippen LogP contribution in [0.25, 0.3) is 0 Å². The number of benzene rings is 1. The van der Waals surface area contributed by atoms with Crippen molar-refractivity contribution in [3.8, 4) is 11.5 Å². The molecule has 1 aromatic rings. The van der Waals surface area contributed by atoms with Crippen molar-refractivity contribution >= 4 is 12.2 Å². The van der Waals surface area contributed by atoms with Gasteiger partial charge in [-0.3, -0.25) is 9.59 Å². The molecule has 1 rings (SSSR count). The molecule has 0 bridgehead atoms. The van der Waals surface area contributed by atoms with E-state index in [9.17, 15) is 9.59 Å². The molecule has 0 aromatic heterocycles. The van der Waals surface area contributed by atoms with Crippen LogP contribution in [0.5, 0.6) is 11.5 Å². The Bertz CT molecular complexity index is 471. The Morgan fingerprint density at radius 3 is 2.60 bits per heavy atom. The summed E-state index contributed by atoms with van der Waals surface area (Å²) in [6.45, 7) is 5.87. The van der Waals surface area contributed by atoms with Crippen LogP contribution in [0.3, 0.4) is 0 Å². The lowest BCUT2D eigenvalue weighted by Crippen LogP contribution is -2.39. The van der Waals surface area contributed by atoms with Gasteiger partial charge in [0.25, 0.3) is 5.91 Å². The highest BCUT2D eigenvalue weighted by molar-refractivity contribution is 5.81. The van der Waals surface area contributed by atoms with Gasteiger partial charge in [0.05, 0.1) is 12.7 Å². The van der Waals surface area contributed by atoms with Gasteiger partial charge in [-0.25, -0.2) is 0 Å². The standard InChI is InChI=1S/C15H21NO4/c1-10(2)11(3)16-15(18)9-20-14-6-5-13(19-4)7-12(14)8-17/h5-8,10-11H,9H2,1-4H3,(H,16,18)/t11-/m0/s1. The average Bonchev–Trinajstić information content (AvgIpc) is 2.44. The van der Waals surface area contributed by atoms with E-state index in [1.54, 1.807) is 18.2 Å². The van der Waals surface area contributed by atoms with Crippen molar-refractivity contribution in [1.82, 2.24) is 5.32 Å². The van der Waals surface area contributed by atoms with Crippen LogP contribution < -0.4 is 14.8 Å². The number of carbonyl (C=O) groups is 2. The van der Waals surface area contributed by atoms with Crippen molar-refractivity contribution in [2.75, 3.05) is 13.7 Å². The van der Waals surface area contributed by atoms with Crippen LogP contribution in [0.1, 0.15) is 31.1 Å². The molecule has 5 nitrogen and oxygen atoms in total. The molecule has 0 aliphatic carbocycles. The van der Waals surface area contributed by atoms with Crippen molar-refractivity contribution in [3.63, 3.8) is 0 Å². The Morgan fingerprint density at radius 1 is 1.35 bits per heavy atom. The monoisotopic (exact) mass is 279 g/mol. The van der Waals surface area contributed by atoms with E-state index in [2.05, 4.69) is 5.32 Å². The molecule has 1 amide bonds. The number of carbonyl (C=O) groups excluding carboxylic acids is 2. The predicted molar refractivity (Wildman–Crippen MR) is 76.3 cm³/mol. The van der Waals surface area contributed by atoms with Gasteiger partial charge in [0.1, 0.15) is 11.5 Å². The van der Waals surface area contributed by atoms with Crippen molar-refractivity contribution in [2.24, 2.45) is 5.92 Å². The molecule has 0 fully saturated rings. The lowest BCUT2D eigenvalue weighted by atomic mass is 10.1. The molecule has 110 valence electrons. The SMILES string of the molecule is COc1ccc(OCC(=O)N[C@@H](C)C(C)C)c(C=O)c1. The van der Waals surface area contributed by atoms with Crippen LogP contribution in [-0.2, 0) is 4.79 Å². The first-order chi connectivity index (χ1) is 9.47. The van der Waals surface area contributed by atoms with Gasteiger partial charge in [0.2, 0.25) is 0 Å². The third-order valence-corrected chi connectivity index (χ3v) is 3.09. The van der Waals surface area contributed by atoms with Gasteiger partial charge < -0.3 is 14.8 Å². The zero-order chi connectivity index (χ0) is 15.1. The summed E-state index contributed by atoms with van der Waals surface area (Å²) in [6.07, 6.45) is 0.673. The molecular formula is C15H21NO4. The summed E-state index contributed by atoms with van der Waals surface area (Å²) in [5.41, 5.74) is 0.356. The summed E-state index contributed by atoms with van der Waals surface area (Å²) in [4.78, 5) is 22.7. The van der Waals surface area contributed by atoms with Gasteiger partial charge in [-0.05, 0) is 31.0 Å².